The molecule has 3 heterocycles. The molecule has 2 aromatic heterocycles. The van der Waals surface area contributed by atoms with Crippen molar-refractivity contribution >= 4 is 21.7 Å². The highest BCUT2D eigenvalue weighted by molar-refractivity contribution is 9.10. The lowest BCUT2D eigenvalue weighted by molar-refractivity contribution is 0.249. The molecule has 0 bridgehead atoms. The van der Waals surface area contributed by atoms with Crippen molar-refractivity contribution in [3.05, 3.63) is 52.9 Å². The third kappa shape index (κ3) is 3.35. The van der Waals surface area contributed by atoms with E-state index in [0.717, 1.165) is 43.0 Å². The quantitative estimate of drug-likeness (QED) is 0.864. The van der Waals surface area contributed by atoms with E-state index < -0.39 is 0 Å². The predicted molar refractivity (Wildman–Crippen MR) is 83.7 cm³/mol. The van der Waals surface area contributed by atoms with Crippen LogP contribution < -0.4 is 4.90 Å². The van der Waals surface area contributed by atoms with E-state index in [-0.39, 0.29) is 0 Å². The summed E-state index contributed by atoms with van der Waals surface area (Å²) in [5, 5.41) is 0. The molecule has 0 radical (unpaired) electrons. The van der Waals surface area contributed by atoms with Crippen LogP contribution in [-0.2, 0) is 6.54 Å². The number of hydrogen-bond donors (Lipinski definition) is 0. The van der Waals surface area contributed by atoms with Gasteiger partial charge in [0.15, 0.2) is 0 Å². The highest BCUT2D eigenvalue weighted by atomic mass is 79.9. The van der Waals surface area contributed by atoms with Crippen molar-refractivity contribution in [1.29, 1.82) is 0 Å². The summed E-state index contributed by atoms with van der Waals surface area (Å²) in [7, 11) is 0. The average molecular weight is 333 g/mol. The maximum atomic E-state index is 4.41. The minimum absolute atomic E-state index is 0.961. The van der Waals surface area contributed by atoms with Crippen LogP contribution in [0.4, 0.5) is 5.82 Å². The van der Waals surface area contributed by atoms with Gasteiger partial charge in [0, 0.05) is 55.8 Å². The average Bonchev–Trinajstić information content (AvgIpc) is 2.49. The zero-order valence-electron chi connectivity index (χ0n) is 11.2. The van der Waals surface area contributed by atoms with Crippen LogP contribution in [0, 0.1) is 0 Å². The summed E-state index contributed by atoms with van der Waals surface area (Å²) in [6.07, 6.45) is 5.62. The molecule has 1 aliphatic rings. The van der Waals surface area contributed by atoms with Crippen LogP contribution in [0.1, 0.15) is 5.56 Å². The number of aromatic nitrogens is 2. The Balaban J connectivity index is 1.56. The van der Waals surface area contributed by atoms with Gasteiger partial charge in [-0.1, -0.05) is 6.07 Å². The van der Waals surface area contributed by atoms with Crippen molar-refractivity contribution in [1.82, 2.24) is 14.9 Å². The molecule has 20 heavy (non-hydrogen) atoms. The normalized spacial score (nSPS) is 16.4. The largest absolute Gasteiger partial charge is 0.354 e. The van der Waals surface area contributed by atoms with Crippen molar-refractivity contribution in [2.75, 3.05) is 31.1 Å². The molecule has 0 amide bonds. The van der Waals surface area contributed by atoms with Gasteiger partial charge in [-0.3, -0.25) is 9.88 Å². The Labute approximate surface area is 127 Å². The Hall–Kier alpha value is -1.46. The fourth-order valence-corrected chi connectivity index (χ4v) is 2.89. The lowest BCUT2D eigenvalue weighted by Crippen LogP contribution is -2.46. The van der Waals surface area contributed by atoms with Crippen molar-refractivity contribution in [2.45, 2.75) is 6.54 Å². The lowest BCUT2D eigenvalue weighted by Gasteiger charge is -2.35. The first kappa shape index (κ1) is 13.5. The van der Waals surface area contributed by atoms with Gasteiger partial charge in [0.05, 0.1) is 0 Å². The van der Waals surface area contributed by atoms with Crippen molar-refractivity contribution < 1.29 is 0 Å². The Bertz CT molecular complexity index is 553. The maximum absolute atomic E-state index is 4.41. The van der Waals surface area contributed by atoms with Crippen LogP contribution in [0.15, 0.2) is 47.3 Å². The molecule has 0 aromatic carbocycles. The van der Waals surface area contributed by atoms with E-state index in [0.29, 0.717) is 0 Å². The summed E-state index contributed by atoms with van der Waals surface area (Å²) in [6, 6.07) is 8.22. The van der Waals surface area contributed by atoms with E-state index in [1.54, 1.807) is 0 Å². The topological polar surface area (TPSA) is 32.3 Å². The van der Waals surface area contributed by atoms with Crippen molar-refractivity contribution in [3.63, 3.8) is 0 Å². The van der Waals surface area contributed by atoms with Crippen LogP contribution in [0.25, 0.3) is 0 Å². The summed E-state index contributed by atoms with van der Waals surface area (Å²) in [5.74, 6) is 1.08. The maximum Gasteiger partial charge on any atom is 0.128 e. The minimum Gasteiger partial charge on any atom is -0.354 e. The predicted octanol–water partition coefficient (Wildman–Crippen LogP) is 2.56. The second-order valence-electron chi connectivity index (χ2n) is 4.96. The van der Waals surface area contributed by atoms with Crippen LogP contribution in [0.5, 0.6) is 0 Å². The molecule has 0 saturated carbocycles. The van der Waals surface area contributed by atoms with Gasteiger partial charge in [0.25, 0.3) is 0 Å². The monoisotopic (exact) mass is 332 g/mol. The zero-order valence-corrected chi connectivity index (χ0v) is 12.8. The Morgan fingerprint density at radius 1 is 1.10 bits per heavy atom. The molecule has 4 nitrogen and oxygen atoms in total. The van der Waals surface area contributed by atoms with Gasteiger partial charge in [0.1, 0.15) is 5.82 Å². The number of piperazine rings is 1. The van der Waals surface area contributed by atoms with E-state index in [4.69, 9.17) is 0 Å². The van der Waals surface area contributed by atoms with Gasteiger partial charge < -0.3 is 4.90 Å². The first-order valence-electron chi connectivity index (χ1n) is 6.79. The van der Waals surface area contributed by atoms with Gasteiger partial charge in [-0.2, -0.15) is 0 Å². The van der Waals surface area contributed by atoms with Gasteiger partial charge in [-0.05, 0) is 39.7 Å². The van der Waals surface area contributed by atoms with E-state index in [9.17, 15) is 0 Å². The Kier molecular flexibility index (Phi) is 4.28. The van der Waals surface area contributed by atoms with Gasteiger partial charge in [-0.15, -0.1) is 0 Å². The summed E-state index contributed by atoms with van der Waals surface area (Å²) >= 11 is 3.47. The van der Waals surface area contributed by atoms with E-state index in [1.807, 2.05) is 30.7 Å². The van der Waals surface area contributed by atoms with Gasteiger partial charge in [-0.25, -0.2) is 4.98 Å². The molecular formula is C15H17BrN4. The number of halogens is 1. The molecule has 1 saturated heterocycles. The molecule has 0 aliphatic carbocycles. The first-order valence-corrected chi connectivity index (χ1v) is 7.58. The molecule has 104 valence electrons. The molecule has 0 spiro atoms. The third-order valence-electron chi connectivity index (χ3n) is 3.51. The molecule has 2 aromatic rings. The Morgan fingerprint density at radius 3 is 2.65 bits per heavy atom. The molecule has 0 unspecified atom stereocenters. The van der Waals surface area contributed by atoms with Crippen molar-refractivity contribution in [2.24, 2.45) is 0 Å². The van der Waals surface area contributed by atoms with Crippen LogP contribution in [0.3, 0.4) is 0 Å². The summed E-state index contributed by atoms with van der Waals surface area (Å²) in [4.78, 5) is 13.4. The summed E-state index contributed by atoms with van der Waals surface area (Å²) < 4.78 is 1.04. The van der Waals surface area contributed by atoms with Gasteiger partial charge >= 0.3 is 0 Å². The van der Waals surface area contributed by atoms with E-state index in [2.05, 4.69) is 47.8 Å². The molecule has 0 atom stereocenters. The smallest absolute Gasteiger partial charge is 0.128 e. The summed E-state index contributed by atoms with van der Waals surface area (Å²) in [6.45, 7) is 5.13. The van der Waals surface area contributed by atoms with Crippen LogP contribution in [0.2, 0.25) is 0 Å². The molecule has 1 fully saturated rings. The molecule has 1 aliphatic heterocycles. The number of anilines is 1. The summed E-state index contributed by atoms with van der Waals surface area (Å²) in [5.41, 5.74) is 1.26. The first-order chi connectivity index (χ1) is 9.81. The molecular weight excluding hydrogens is 316 g/mol. The highest BCUT2D eigenvalue weighted by Crippen LogP contribution is 2.15. The number of hydrogen-bond acceptors (Lipinski definition) is 4. The zero-order chi connectivity index (χ0) is 13.8. The third-order valence-corrected chi connectivity index (χ3v) is 3.95. The van der Waals surface area contributed by atoms with Crippen LogP contribution in [-0.4, -0.2) is 41.0 Å². The highest BCUT2D eigenvalue weighted by Gasteiger charge is 2.17. The molecule has 5 heteroatoms. The molecule has 3 rings (SSSR count). The van der Waals surface area contributed by atoms with Gasteiger partial charge in [0.2, 0.25) is 0 Å². The van der Waals surface area contributed by atoms with Crippen molar-refractivity contribution in [3.8, 4) is 0 Å². The number of nitrogens with zero attached hydrogens (tertiary/aromatic N) is 4. The minimum atomic E-state index is 0.961. The van der Waals surface area contributed by atoms with E-state index >= 15 is 0 Å². The Morgan fingerprint density at radius 2 is 1.95 bits per heavy atom. The second kappa shape index (κ2) is 6.33. The fourth-order valence-electron chi connectivity index (χ4n) is 2.48. The standard InChI is InChI=1S/C15H17BrN4/c16-14-9-13(10-17-11-14)12-19-5-7-20(8-6-19)15-3-1-2-4-18-15/h1-4,9-11H,5-8,12H2. The fraction of sp³-hybridized carbons (Fsp3) is 0.333. The van der Waals surface area contributed by atoms with E-state index in [1.165, 1.54) is 5.56 Å². The number of pyridine rings is 2. The van der Waals surface area contributed by atoms with Crippen LogP contribution >= 0.6 is 15.9 Å². The second-order valence-corrected chi connectivity index (χ2v) is 5.88. The molecule has 0 N–H and O–H groups in total. The lowest BCUT2D eigenvalue weighted by atomic mass is 10.2. The SMILES string of the molecule is Brc1cncc(CN2CCN(c3ccccn3)CC2)c1. The number of rotatable bonds is 3.